The zero-order valence-electron chi connectivity index (χ0n) is 9.66. The van der Waals surface area contributed by atoms with Crippen molar-refractivity contribution in [2.24, 2.45) is 0 Å². The van der Waals surface area contributed by atoms with Crippen molar-refractivity contribution in [2.45, 2.75) is 26.4 Å². The molecule has 0 aliphatic carbocycles. The number of benzene rings is 1. The largest absolute Gasteiger partial charge is 0.457 e. The molecule has 0 saturated heterocycles. The van der Waals surface area contributed by atoms with Gasteiger partial charge in [0.05, 0.1) is 0 Å². The predicted octanol–water partition coefficient (Wildman–Crippen LogP) is 3.23. The second-order valence-corrected chi connectivity index (χ2v) is 4.44. The lowest BCUT2D eigenvalue weighted by atomic mass is 9.98. The highest BCUT2D eigenvalue weighted by Gasteiger charge is 2.29. The lowest BCUT2D eigenvalue weighted by Crippen LogP contribution is -2.25. The molecule has 0 aliphatic heterocycles. The molecule has 0 fully saturated rings. The molecule has 84 valence electrons. The van der Waals surface area contributed by atoms with E-state index in [1.807, 2.05) is 32.0 Å². The standard InChI is InChI=1S/C13H14O3/c1-8(2)12(14)16-13(3,4)10-7-9-5-6-11(10)15-9/h5-7H,1H2,2-4H3. The average Bonchev–Trinajstić information content (AvgIpc) is 2.77. The minimum atomic E-state index is -0.697. The van der Waals surface area contributed by atoms with Gasteiger partial charge in [0.1, 0.15) is 16.8 Å². The van der Waals surface area contributed by atoms with Crippen LogP contribution >= 0.6 is 0 Å². The second-order valence-electron chi connectivity index (χ2n) is 4.44. The van der Waals surface area contributed by atoms with Crippen LogP contribution in [0.2, 0.25) is 0 Å². The van der Waals surface area contributed by atoms with Crippen molar-refractivity contribution in [3.8, 4) is 0 Å². The SMILES string of the molecule is C=C(C)C(=O)OC(C)(C)c1cc2ccc1o2. The molecule has 3 heteroatoms. The van der Waals surface area contributed by atoms with Crippen molar-refractivity contribution in [2.75, 3.05) is 0 Å². The lowest BCUT2D eigenvalue weighted by molar-refractivity contribution is -0.152. The van der Waals surface area contributed by atoms with Gasteiger partial charge in [0, 0.05) is 11.1 Å². The van der Waals surface area contributed by atoms with E-state index in [0.29, 0.717) is 5.57 Å². The Morgan fingerprint density at radius 3 is 2.56 bits per heavy atom. The van der Waals surface area contributed by atoms with Gasteiger partial charge < -0.3 is 9.15 Å². The number of fused-ring (bicyclic) bond motifs is 2. The van der Waals surface area contributed by atoms with E-state index in [0.717, 1.165) is 16.7 Å². The molecular formula is C13H14O3. The van der Waals surface area contributed by atoms with Gasteiger partial charge in [-0.25, -0.2) is 4.79 Å². The van der Waals surface area contributed by atoms with Crippen molar-refractivity contribution in [3.63, 3.8) is 0 Å². The molecule has 0 radical (unpaired) electrons. The zero-order valence-corrected chi connectivity index (χ0v) is 9.66. The Morgan fingerprint density at radius 2 is 2.12 bits per heavy atom. The van der Waals surface area contributed by atoms with Crippen LogP contribution < -0.4 is 0 Å². The van der Waals surface area contributed by atoms with Gasteiger partial charge in [-0.3, -0.25) is 0 Å². The van der Waals surface area contributed by atoms with E-state index >= 15 is 0 Å². The molecule has 2 heterocycles. The molecule has 16 heavy (non-hydrogen) atoms. The summed E-state index contributed by atoms with van der Waals surface area (Å²) in [6.07, 6.45) is 0. The topological polar surface area (TPSA) is 39.4 Å². The Bertz CT molecular complexity index is 534. The fraction of sp³-hybridized carbons (Fsp3) is 0.308. The molecule has 0 aliphatic rings. The van der Waals surface area contributed by atoms with E-state index < -0.39 is 5.60 Å². The number of ether oxygens (including phenoxy) is 1. The maximum Gasteiger partial charge on any atom is 0.333 e. The van der Waals surface area contributed by atoms with Crippen LogP contribution in [0.5, 0.6) is 0 Å². The Labute approximate surface area is 94.0 Å². The van der Waals surface area contributed by atoms with Gasteiger partial charge in [-0.1, -0.05) is 6.58 Å². The van der Waals surface area contributed by atoms with Gasteiger partial charge in [0.15, 0.2) is 0 Å². The highest BCUT2D eigenvalue weighted by atomic mass is 16.6. The third kappa shape index (κ3) is 1.69. The molecule has 0 unspecified atom stereocenters. The van der Waals surface area contributed by atoms with Crippen LogP contribution in [-0.2, 0) is 15.1 Å². The van der Waals surface area contributed by atoms with E-state index in [9.17, 15) is 4.79 Å². The van der Waals surface area contributed by atoms with E-state index in [4.69, 9.17) is 9.15 Å². The quantitative estimate of drug-likeness (QED) is 0.586. The summed E-state index contributed by atoms with van der Waals surface area (Å²) >= 11 is 0. The summed E-state index contributed by atoms with van der Waals surface area (Å²) < 4.78 is 10.8. The summed E-state index contributed by atoms with van der Waals surface area (Å²) in [5.41, 5.74) is 2.14. The lowest BCUT2D eigenvalue weighted by Gasteiger charge is -2.24. The monoisotopic (exact) mass is 218 g/mol. The first-order valence-corrected chi connectivity index (χ1v) is 5.11. The molecule has 0 atom stereocenters. The van der Waals surface area contributed by atoms with Gasteiger partial charge in [-0.05, 0) is 39.0 Å². The summed E-state index contributed by atoms with van der Waals surface area (Å²) in [7, 11) is 0. The van der Waals surface area contributed by atoms with Crippen LogP contribution in [-0.4, -0.2) is 5.97 Å². The number of hydrogen-bond donors (Lipinski definition) is 0. The van der Waals surface area contributed by atoms with Gasteiger partial charge in [-0.2, -0.15) is 0 Å². The Hall–Kier alpha value is -1.77. The third-order valence-electron chi connectivity index (χ3n) is 2.52. The van der Waals surface area contributed by atoms with E-state index in [1.54, 1.807) is 6.92 Å². The van der Waals surface area contributed by atoms with Crippen molar-refractivity contribution in [1.29, 1.82) is 0 Å². The zero-order chi connectivity index (χ0) is 11.9. The molecule has 2 aromatic heterocycles. The number of furan rings is 2. The smallest absolute Gasteiger partial charge is 0.333 e. The summed E-state index contributed by atoms with van der Waals surface area (Å²) in [4.78, 5) is 11.5. The van der Waals surface area contributed by atoms with Gasteiger partial charge in [0.25, 0.3) is 0 Å². The van der Waals surface area contributed by atoms with Crippen LogP contribution in [0.1, 0.15) is 26.3 Å². The number of carbonyl (C=O) groups is 1. The number of carbonyl (C=O) groups excluding carboxylic acids is 1. The van der Waals surface area contributed by atoms with Crippen LogP contribution in [0.25, 0.3) is 11.2 Å². The first-order valence-electron chi connectivity index (χ1n) is 5.11. The van der Waals surface area contributed by atoms with Crippen LogP contribution in [0.4, 0.5) is 0 Å². The molecule has 2 rings (SSSR count). The van der Waals surface area contributed by atoms with Crippen molar-refractivity contribution >= 4 is 17.1 Å². The summed E-state index contributed by atoms with van der Waals surface area (Å²) in [6, 6.07) is 5.65. The summed E-state index contributed by atoms with van der Waals surface area (Å²) in [5, 5.41) is 0. The molecule has 2 bridgehead atoms. The molecule has 2 aromatic rings. The van der Waals surface area contributed by atoms with Crippen LogP contribution in [0.3, 0.4) is 0 Å². The fourth-order valence-electron chi connectivity index (χ4n) is 1.63. The molecule has 0 amide bonds. The molecule has 0 spiro atoms. The van der Waals surface area contributed by atoms with Gasteiger partial charge in [-0.15, -0.1) is 0 Å². The number of rotatable bonds is 3. The summed E-state index contributed by atoms with van der Waals surface area (Å²) in [5.74, 6) is -0.386. The Morgan fingerprint density at radius 1 is 1.44 bits per heavy atom. The van der Waals surface area contributed by atoms with Crippen molar-refractivity contribution in [3.05, 3.63) is 35.9 Å². The first kappa shape index (κ1) is 10.7. The van der Waals surface area contributed by atoms with Crippen LogP contribution in [0, 0.1) is 0 Å². The van der Waals surface area contributed by atoms with E-state index in [1.165, 1.54) is 0 Å². The molecule has 3 nitrogen and oxygen atoms in total. The minimum absolute atomic E-state index is 0.386. The number of hydrogen-bond acceptors (Lipinski definition) is 3. The van der Waals surface area contributed by atoms with Crippen LogP contribution in [0.15, 0.2) is 34.8 Å². The van der Waals surface area contributed by atoms with Crippen molar-refractivity contribution in [1.82, 2.24) is 0 Å². The first-order chi connectivity index (χ1) is 7.40. The molecule has 0 N–H and O–H groups in total. The fourth-order valence-corrected chi connectivity index (χ4v) is 1.63. The Balaban J connectivity index is 2.28. The maximum atomic E-state index is 11.5. The predicted molar refractivity (Wildman–Crippen MR) is 61.3 cm³/mol. The van der Waals surface area contributed by atoms with Crippen molar-refractivity contribution < 1.29 is 13.9 Å². The number of esters is 1. The highest BCUT2D eigenvalue weighted by molar-refractivity contribution is 5.87. The average molecular weight is 218 g/mol. The summed E-state index contributed by atoms with van der Waals surface area (Å²) in [6.45, 7) is 8.87. The molecular weight excluding hydrogens is 204 g/mol. The minimum Gasteiger partial charge on any atom is -0.457 e. The van der Waals surface area contributed by atoms with Gasteiger partial charge in [0.2, 0.25) is 0 Å². The van der Waals surface area contributed by atoms with E-state index in [-0.39, 0.29) is 5.97 Å². The normalized spacial score (nSPS) is 11.9. The maximum absolute atomic E-state index is 11.5. The van der Waals surface area contributed by atoms with Gasteiger partial charge >= 0.3 is 5.97 Å². The second kappa shape index (κ2) is 3.37. The molecule has 0 aromatic carbocycles. The third-order valence-corrected chi connectivity index (χ3v) is 2.52. The Kier molecular flexibility index (Phi) is 2.26. The van der Waals surface area contributed by atoms with E-state index in [2.05, 4.69) is 6.58 Å². The highest BCUT2D eigenvalue weighted by Crippen LogP contribution is 2.34. The molecule has 0 saturated carbocycles.